The van der Waals surface area contributed by atoms with Crippen LogP contribution in [0.15, 0.2) is 35.2 Å². The van der Waals surface area contributed by atoms with Crippen molar-refractivity contribution in [1.82, 2.24) is 14.8 Å². The number of carbonyl (C=O) groups is 1. The topological polar surface area (TPSA) is 45.7 Å². The van der Waals surface area contributed by atoms with Crippen LogP contribution in [0.1, 0.15) is 16.1 Å². The van der Waals surface area contributed by atoms with Gasteiger partial charge in [0.1, 0.15) is 5.75 Å². The van der Waals surface area contributed by atoms with Gasteiger partial charge in [0.2, 0.25) is 0 Å². The lowest BCUT2D eigenvalue weighted by molar-refractivity contribution is 0.0627. The van der Waals surface area contributed by atoms with E-state index in [9.17, 15) is 4.79 Å². The number of ether oxygens (including phenoxy) is 1. The van der Waals surface area contributed by atoms with E-state index in [4.69, 9.17) is 4.74 Å². The quantitative estimate of drug-likeness (QED) is 0.866. The third kappa shape index (κ3) is 3.45. The molecule has 2 heterocycles. The fraction of sp³-hybridized carbons (Fsp3) is 0.375. The van der Waals surface area contributed by atoms with Gasteiger partial charge in [-0.1, -0.05) is 0 Å². The Balaban J connectivity index is 1.54. The van der Waals surface area contributed by atoms with Crippen molar-refractivity contribution in [2.24, 2.45) is 0 Å². The Labute approximate surface area is 134 Å². The van der Waals surface area contributed by atoms with Crippen molar-refractivity contribution in [3.63, 3.8) is 0 Å². The van der Waals surface area contributed by atoms with E-state index in [0.717, 1.165) is 44.2 Å². The highest BCUT2D eigenvalue weighted by Crippen LogP contribution is 2.15. The van der Waals surface area contributed by atoms with E-state index >= 15 is 0 Å². The molecule has 0 spiro atoms. The molecule has 0 aliphatic carbocycles. The van der Waals surface area contributed by atoms with Crippen LogP contribution in [0.4, 0.5) is 0 Å². The minimum absolute atomic E-state index is 0.0935. The highest BCUT2D eigenvalue weighted by atomic mass is 32.1. The zero-order valence-electron chi connectivity index (χ0n) is 12.6. The van der Waals surface area contributed by atoms with Gasteiger partial charge in [-0.2, -0.15) is 0 Å². The van der Waals surface area contributed by atoms with Crippen molar-refractivity contribution in [3.05, 3.63) is 46.4 Å². The number of piperazine rings is 1. The van der Waals surface area contributed by atoms with Crippen LogP contribution in [-0.2, 0) is 6.54 Å². The summed E-state index contributed by atoms with van der Waals surface area (Å²) in [7, 11) is 1.62. The van der Waals surface area contributed by atoms with Crippen molar-refractivity contribution >= 4 is 17.2 Å². The Morgan fingerprint density at radius 3 is 2.55 bits per heavy atom. The van der Waals surface area contributed by atoms with Gasteiger partial charge in [0.05, 0.1) is 18.3 Å². The second kappa shape index (κ2) is 6.89. The zero-order valence-corrected chi connectivity index (χ0v) is 13.4. The van der Waals surface area contributed by atoms with Gasteiger partial charge in [-0.25, -0.2) is 4.98 Å². The van der Waals surface area contributed by atoms with Crippen LogP contribution >= 0.6 is 11.3 Å². The summed E-state index contributed by atoms with van der Waals surface area (Å²) in [5.74, 6) is 0.862. The van der Waals surface area contributed by atoms with E-state index in [1.54, 1.807) is 18.4 Å². The molecule has 1 aromatic carbocycles. The molecule has 1 fully saturated rings. The summed E-state index contributed by atoms with van der Waals surface area (Å²) in [5, 5.41) is 2.08. The highest BCUT2D eigenvalue weighted by molar-refractivity contribution is 7.07. The number of hydrogen-bond acceptors (Lipinski definition) is 5. The normalized spacial score (nSPS) is 15.8. The number of amides is 1. The number of carbonyl (C=O) groups excluding carboxylic acids is 1. The molecule has 5 nitrogen and oxygen atoms in total. The molecular weight excluding hydrogens is 298 g/mol. The Hall–Kier alpha value is -1.92. The number of rotatable bonds is 4. The lowest BCUT2D eigenvalue weighted by Gasteiger charge is -2.34. The number of thiazole rings is 1. The minimum Gasteiger partial charge on any atom is -0.497 e. The molecule has 1 aliphatic rings. The van der Waals surface area contributed by atoms with Crippen LogP contribution in [0.3, 0.4) is 0 Å². The van der Waals surface area contributed by atoms with E-state index in [2.05, 4.69) is 15.3 Å². The molecule has 0 unspecified atom stereocenters. The molecule has 0 atom stereocenters. The van der Waals surface area contributed by atoms with Gasteiger partial charge in [0, 0.05) is 43.7 Å². The van der Waals surface area contributed by atoms with Gasteiger partial charge in [-0.3, -0.25) is 9.69 Å². The third-order valence-electron chi connectivity index (χ3n) is 3.87. The Bertz CT molecular complexity index is 605. The second-order valence-electron chi connectivity index (χ2n) is 5.28. The van der Waals surface area contributed by atoms with Gasteiger partial charge < -0.3 is 9.64 Å². The van der Waals surface area contributed by atoms with E-state index in [1.165, 1.54) is 0 Å². The van der Waals surface area contributed by atoms with Crippen molar-refractivity contribution in [3.8, 4) is 5.75 Å². The molecule has 2 aromatic rings. The van der Waals surface area contributed by atoms with E-state index in [1.807, 2.05) is 34.7 Å². The summed E-state index contributed by atoms with van der Waals surface area (Å²) >= 11 is 1.62. The average Bonchev–Trinajstić information content (AvgIpc) is 3.08. The first-order valence-corrected chi connectivity index (χ1v) is 8.23. The zero-order chi connectivity index (χ0) is 15.4. The monoisotopic (exact) mass is 317 g/mol. The van der Waals surface area contributed by atoms with Gasteiger partial charge in [-0.05, 0) is 24.3 Å². The summed E-state index contributed by atoms with van der Waals surface area (Å²) in [6.45, 7) is 4.16. The van der Waals surface area contributed by atoms with E-state index < -0.39 is 0 Å². The Morgan fingerprint density at radius 1 is 1.23 bits per heavy atom. The van der Waals surface area contributed by atoms with Crippen LogP contribution < -0.4 is 4.74 Å². The largest absolute Gasteiger partial charge is 0.497 e. The highest BCUT2D eigenvalue weighted by Gasteiger charge is 2.22. The number of aromatic nitrogens is 1. The van der Waals surface area contributed by atoms with Crippen molar-refractivity contribution < 1.29 is 9.53 Å². The number of methoxy groups -OCH3 is 1. The van der Waals surface area contributed by atoms with Gasteiger partial charge in [0.15, 0.2) is 0 Å². The Morgan fingerprint density at radius 2 is 1.95 bits per heavy atom. The second-order valence-corrected chi connectivity index (χ2v) is 6.00. The van der Waals surface area contributed by atoms with Crippen molar-refractivity contribution in [2.45, 2.75) is 6.54 Å². The molecule has 1 aromatic heterocycles. The molecule has 3 rings (SSSR count). The standard InChI is InChI=1S/C16H19N3O2S/c1-21-15-4-2-13(3-5-15)16(20)19-8-6-18(7-9-19)10-14-11-22-12-17-14/h2-5,11-12H,6-10H2,1H3. The molecule has 1 amide bonds. The summed E-state index contributed by atoms with van der Waals surface area (Å²) in [6, 6.07) is 7.29. The maximum atomic E-state index is 12.5. The molecule has 0 bridgehead atoms. The molecule has 22 heavy (non-hydrogen) atoms. The number of benzene rings is 1. The van der Waals surface area contributed by atoms with Crippen molar-refractivity contribution in [2.75, 3.05) is 33.3 Å². The van der Waals surface area contributed by atoms with E-state index in [-0.39, 0.29) is 5.91 Å². The molecule has 1 saturated heterocycles. The van der Waals surface area contributed by atoms with Gasteiger partial charge in [0.25, 0.3) is 5.91 Å². The average molecular weight is 317 g/mol. The minimum atomic E-state index is 0.0935. The van der Waals surface area contributed by atoms with Crippen LogP contribution in [-0.4, -0.2) is 54.0 Å². The summed E-state index contributed by atoms with van der Waals surface area (Å²) in [6.07, 6.45) is 0. The number of hydrogen-bond donors (Lipinski definition) is 0. The molecule has 116 valence electrons. The molecule has 6 heteroatoms. The van der Waals surface area contributed by atoms with Crippen LogP contribution in [0.5, 0.6) is 5.75 Å². The predicted molar refractivity (Wildman–Crippen MR) is 86.3 cm³/mol. The number of nitrogens with zero attached hydrogens (tertiary/aromatic N) is 3. The van der Waals surface area contributed by atoms with E-state index in [0.29, 0.717) is 5.56 Å². The SMILES string of the molecule is COc1ccc(C(=O)N2CCN(Cc3cscn3)CC2)cc1. The smallest absolute Gasteiger partial charge is 0.253 e. The molecule has 1 aliphatic heterocycles. The fourth-order valence-corrected chi connectivity index (χ4v) is 3.12. The maximum absolute atomic E-state index is 12.5. The fourth-order valence-electron chi connectivity index (χ4n) is 2.57. The molecular formula is C16H19N3O2S. The lowest BCUT2D eigenvalue weighted by atomic mass is 10.1. The predicted octanol–water partition coefficient (Wildman–Crippen LogP) is 2.11. The maximum Gasteiger partial charge on any atom is 0.253 e. The molecule has 0 radical (unpaired) electrons. The van der Waals surface area contributed by atoms with Gasteiger partial charge in [-0.15, -0.1) is 11.3 Å². The lowest BCUT2D eigenvalue weighted by Crippen LogP contribution is -2.48. The van der Waals surface area contributed by atoms with Crippen molar-refractivity contribution in [1.29, 1.82) is 0 Å². The first kappa shape index (κ1) is 15.0. The van der Waals surface area contributed by atoms with Crippen LogP contribution in [0.2, 0.25) is 0 Å². The van der Waals surface area contributed by atoms with Crippen LogP contribution in [0.25, 0.3) is 0 Å². The first-order valence-electron chi connectivity index (χ1n) is 7.29. The van der Waals surface area contributed by atoms with Crippen LogP contribution in [0, 0.1) is 0 Å². The molecule has 0 saturated carbocycles. The summed E-state index contributed by atoms with van der Waals surface area (Å²) < 4.78 is 5.12. The third-order valence-corrected chi connectivity index (χ3v) is 4.50. The van der Waals surface area contributed by atoms with Gasteiger partial charge >= 0.3 is 0 Å². The summed E-state index contributed by atoms with van der Waals surface area (Å²) in [4.78, 5) is 21.0. The summed E-state index contributed by atoms with van der Waals surface area (Å²) in [5.41, 5.74) is 3.69. The Kier molecular flexibility index (Phi) is 4.70. The first-order chi connectivity index (χ1) is 10.8. The molecule has 0 N–H and O–H groups in total.